The van der Waals surface area contributed by atoms with Gasteiger partial charge in [-0.3, -0.25) is 14.3 Å². The number of hydrogen-bond acceptors (Lipinski definition) is 5. The van der Waals surface area contributed by atoms with E-state index in [0.717, 1.165) is 25.7 Å². The molecule has 116 valence electrons. The Labute approximate surface area is 132 Å². The fourth-order valence-electron chi connectivity index (χ4n) is 3.14. The molecule has 0 bridgehead atoms. The molecule has 1 aliphatic rings. The van der Waals surface area contributed by atoms with E-state index >= 15 is 0 Å². The van der Waals surface area contributed by atoms with E-state index in [0.29, 0.717) is 16.1 Å². The first kappa shape index (κ1) is 14.9. The molecular weight excluding hydrogens is 302 g/mol. The largest absolute Gasteiger partial charge is 0.465 e. The molecule has 0 radical (unpaired) electrons. The molecule has 1 fully saturated rings. The van der Waals surface area contributed by atoms with Crippen LogP contribution in [0.25, 0.3) is 11.0 Å². The molecule has 3 rings (SSSR count). The molecule has 0 unspecified atom stereocenters. The summed E-state index contributed by atoms with van der Waals surface area (Å²) in [4.78, 5) is 31.5. The summed E-state index contributed by atoms with van der Waals surface area (Å²) in [5, 5.41) is 0.248. The zero-order valence-electron chi connectivity index (χ0n) is 12.5. The Bertz CT molecular complexity index is 863. The number of fused-ring (bicyclic) bond motifs is 1. The Morgan fingerprint density at radius 2 is 2.14 bits per heavy atom. The van der Waals surface area contributed by atoms with Gasteiger partial charge < -0.3 is 4.74 Å². The van der Waals surface area contributed by atoms with E-state index in [1.807, 2.05) is 4.57 Å². The lowest BCUT2D eigenvalue weighted by molar-refractivity contribution is 0.0602. The van der Waals surface area contributed by atoms with Crippen molar-refractivity contribution in [2.24, 2.45) is 0 Å². The van der Waals surface area contributed by atoms with Crippen LogP contribution < -0.4 is 5.56 Å². The lowest BCUT2D eigenvalue weighted by atomic mass is 10.1. The van der Waals surface area contributed by atoms with Crippen molar-refractivity contribution in [3.8, 4) is 0 Å². The maximum atomic E-state index is 12.3. The SMILES string of the molecule is COC(=O)c1cc(C)nc2c1c(=O)[nH]c(=S)n2C1CCCC1. The van der Waals surface area contributed by atoms with Gasteiger partial charge in [-0.15, -0.1) is 0 Å². The lowest BCUT2D eigenvalue weighted by Gasteiger charge is -2.18. The minimum absolute atomic E-state index is 0.214. The van der Waals surface area contributed by atoms with Gasteiger partial charge in [0.1, 0.15) is 5.65 Å². The Kier molecular flexibility index (Phi) is 3.82. The fraction of sp³-hybridized carbons (Fsp3) is 0.467. The van der Waals surface area contributed by atoms with Gasteiger partial charge in [0, 0.05) is 11.7 Å². The van der Waals surface area contributed by atoms with Crippen molar-refractivity contribution in [2.45, 2.75) is 38.6 Å². The minimum atomic E-state index is -0.545. The van der Waals surface area contributed by atoms with Crippen LogP contribution >= 0.6 is 12.2 Å². The first-order chi connectivity index (χ1) is 10.5. The average Bonchev–Trinajstić information content (AvgIpc) is 2.99. The number of aryl methyl sites for hydroxylation is 1. The van der Waals surface area contributed by atoms with Gasteiger partial charge in [0.25, 0.3) is 5.56 Å². The summed E-state index contributed by atoms with van der Waals surface area (Å²) in [6.07, 6.45) is 4.25. The Hall–Kier alpha value is -2.02. The van der Waals surface area contributed by atoms with Gasteiger partial charge in [-0.1, -0.05) is 12.8 Å². The number of carbonyl (C=O) groups is 1. The van der Waals surface area contributed by atoms with Crippen molar-refractivity contribution in [2.75, 3.05) is 7.11 Å². The number of aromatic amines is 1. The van der Waals surface area contributed by atoms with E-state index < -0.39 is 11.5 Å². The number of rotatable bonds is 2. The molecule has 2 aromatic heterocycles. The van der Waals surface area contributed by atoms with Crippen LogP contribution in [-0.4, -0.2) is 27.6 Å². The Morgan fingerprint density at radius 1 is 1.45 bits per heavy atom. The van der Waals surface area contributed by atoms with Crippen molar-refractivity contribution in [1.82, 2.24) is 14.5 Å². The number of aromatic nitrogens is 3. The topological polar surface area (TPSA) is 77.0 Å². The highest BCUT2D eigenvalue weighted by Gasteiger charge is 2.23. The van der Waals surface area contributed by atoms with E-state index in [1.165, 1.54) is 7.11 Å². The second-order valence-electron chi connectivity index (χ2n) is 5.57. The van der Waals surface area contributed by atoms with Crippen LogP contribution in [0.15, 0.2) is 10.9 Å². The molecule has 2 heterocycles. The standard InChI is InChI=1S/C15H17N3O3S/c1-8-7-10(14(20)21-2)11-12(16-8)18(9-5-3-4-6-9)15(22)17-13(11)19/h7,9H,3-6H2,1-2H3,(H,17,19,22). The van der Waals surface area contributed by atoms with Gasteiger partial charge in [0.05, 0.1) is 18.1 Å². The summed E-state index contributed by atoms with van der Waals surface area (Å²) in [5.74, 6) is -0.545. The zero-order valence-corrected chi connectivity index (χ0v) is 13.3. The number of esters is 1. The highest BCUT2D eigenvalue weighted by Crippen LogP contribution is 2.31. The normalized spacial score (nSPS) is 15.4. The van der Waals surface area contributed by atoms with Crippen molar-refractivity contribution in [3.05, 3.63) is 32.4 Å². The maximum absolute atomic E-state index is 12.3. The molecule has 0 spiro atoms. The molecule has 0 amide bonds. The van der Waals surface area contributed by atoms with Crippen molar-refractivity contribution in [1.29, 1.82) is 0 Å². The Morgan fingerprint density at radius 3 is 2.77 bits per heavy atom. The number of ether oxygens (including phenoxy) is 1. The van der Waals surface area contributed by atoms with E-state index in [-0.39, 0.29) is 17.0 Å². The van der Waals surface area contributed by atoms with Gasteiger partial charge in [0.15, 0.2) is 4.77 Å². The monoisotopic (exact) mass is 319 g/mol. The van der Waals surface area contributed by atoms with E-state index in [9.17, 15) is 9.59 Å². The number of carbonyl (C=O) groups excluding carboxylic acids is 1. The number of pyridine rings is 1. The third-order valence-electron chi connectivity index (χ3n) is 4.12. The van der Waals surface area contributed by atoms with Crippen LogP contribution in [-0.2, 0) is 4.74 Å². The van der Waals surface area contributed by atoms with Crippen molar-refractivity contribution in [3.63, 3.8) is 0 Å². The number of methoxy groups -OCH3 is 1. The van der Waals surface area contributed by atoms with E-state index in [2.05, 4.69) is 9.97 Å². The highest BCUT2D eigenvalue weighted by atomic mass is 32.1. The van der Waals surface area contributed by atoms with Crippen LogP contribution in [0.1, 0.15) is 47.8 Å². The molecule has 6 nitrogen and oxygen atoms in total. The predicted molar refractivity (Wildman–Crippen MR) is 84.8 cm³/mol. The van der Waals surface area contributed by atoms with Gasteiger partial charge in [-0.05, 0) is 38.0 Å². The predicted octanol–water partition coefficient (Wildman–Crippen LogP) is 2.66. The number of hydrogen-bond donors (Lipinski definition) is 1. The molecule has 1 N–H and O–H groups in total. The average molecular weight is 319 g/mol. The van der Waals surface area contributed by atoms with Gasteiger partial charge >= 0.3 is 5.97 Å². The molecule has 0 saturated heterocycles. The zero-order chi connectivity index (χ0) is 15.9. The van der Waals surface area contributed by atoms with Gasteiger partial charge in [-0.25, -0.2) is 9.78 Å². The first-order valence-corrected chi connectivity index (χ1v) is 7.68. The molecular formula is C15H17N3O3S. The van der Waals surface area contributed by atoms with Crippen LogP contribution in [0, 0.1) is 11.7 Å². The summed E-state index contributed by atoms with van der Waals surface area (Å²) < 4.78 is 7.04. The first-order valence-electron chi connectivity index (χ1n) is 7.27. The van der Waals surface area contributed by atoms with E-state index in [4.69, 9.17) is 17.0 Å². The smallest absolute Gasteiger partial charge is 0.338 e. The molecule has 0 aliphatic heterocycles. The summed E-state index contributed by atoms with van der Waals surface area (Å²) >= 11 is 5.34. The quantitative estimate of drug-likeness (QED) is 0.680. The Balaban J connectivity index is 2.42. The minimum Gasteiger partial charge on any atom is -0.465 e. The lowest BCUT2D eigenvalue weighted by Crippen LogP contribution is -2.21. The third-order valence-corrected chi connectivity index (χ3v) is 4.42. The molecule has 0 aromatic carbocycles. The second-order valence-corrected chi connectivity index (χ2v) is 5.96. The fourth-order valence-corrected chi connectivity index (χ4v) is 3.47. The summed E-state index contributed by atoms with van der Waals surface area (Å²) in [7, 11) is 1.30. The molecule has 1 aliphatic carbocycles. The molecule has 0 atom stereocenters. The van der Waals surface area contributed by atoms with E-state index in [1.54, 1.807) is 13.0 Å². The van der Waals surface area contributed by atoms with Crippen LogP contribution in [0.2, 0.25) is 0 Å². The number of H-pyrrole nitrogens is 1. The number of nitrogens with one attached hydrogen (secondary N) is 1. The molecule has 1 saturated carbocycles. The van der Waals surface area contributed by atoms with Gasteiger partial charge in [0.2, 0.25) is 0 Å². The van der Waals surface area contributed by atoms with Gasteiger partial charge in [-0.2, -0.15) is 0 Å². The molecule has 7 heteroatoms. The molecule has 2 aromatic rings. The summed E-state index contributed by atoms with van der Waals surface area (Å²) in [6.45, 7) is 1.79. The molecule has 22 heavy (non-hydrogen) atoms. The van der Waals surface area contributed by atoms with Crippen LogP contribution in [0.5, 0.6) is 0 Å². The van der Waals surface area contributed by atoms with Crippen molar-refractivity contribution >= 4 is 29.2 Å². The van der Waals surface area contributed by atoms with Crippen LogP contribution in [0.3, 0.4) is 0 Å². The third kappa shape index (κ3) is 2.35. The number of nitrogens with zero attached hydrogens (tertiary/aromatic N) is 2. The van der Waals surface area contributed by atoms with Crippen molar-refractivity contribution < 1.29 is 9.53 Å². The van der Waals surface area contributed by atoms with Crippen LogP contribution in [0.4, 0.5) is 0 Å². The maximum Gasteiger partial charge on any atom is 0.338 e. The highest BCUT2D eigenvalue weighted by molar-refractivity contribution is 7.71. The summed E-state index contributed by atoms with van der Waals surface area (Å²) in [6, 6.07) is 1.79. The second kappa shape index (κ2) is 5.64. The summed E-state index contributed by atoms with van der Waals surface area (Å²) in [5.41, 5.74) is 0.954.